The largest absolute Gasteiger partial charge is 0.478 e. The first kappa shape index (κ1) is 13.9. The van der Waals surface area contributed by atoms with Crippen molar-refractivity contribution in [3.63, 3.8) is 0 Å². The van der Waals surface area contributed by atoms with Crippen LogP contribution in [-0.2, 0) is 9.59 Å². The molecule has 1 aromatic rings. The molecule has 5 nitrogen and oxygen atoms in total. The van der Waals surface area contributed by atoms with Crippen molar-refractivity contribution in [2.45, 2.75) is 13.8 Å². The first-order chi connectivity index (χ1) is 9.32. The number of hydrogen-bond acceptors (Lipinski definition) is 3. The summed E-state index contributed by atoms with van der Waals surface area (Å²) in [5.74, 6) is -3.23. The quantitative estimate of drug-likeness (QED) is 0.674. The molecule has 6 heteroatoms. The summed E-state index contributed by atoms with van der Waals surface area (Å²) in [6.07, 6.45) is 1.34. The standard InChI is InChI=1S/C14H12FNO4/c1-7(14(19)20)3-4-16-11-8(2)5-9(15)6-10(11)12(17)13(16)18/h3,5-6H,4H2,1-2H3,(H,19,20)/b7-3-. The Morgan fingerprint density at radius 3 is 2.65 bits per heavy atom. The molecule has 1 N–H and O–H groups in total. The van der Waals surface area contributed by atoms with E-state index in [9.17, 15) is 18.8 Å². The summed E-state index contributed by atoms with van der Waals surface area (Å²) in [6.45, 7) is 2.94. The van der Waals surface area contributed by atoms with Gasteiger partial charge in [-0.2, -0.15) is 0 Å². The van der Waals surface area contributed by atoms with Crippen molar-refractivity contribution in [3.8, 4) is 0 Å². The molecule has 0 atom stereocenters. The van der Waals surface area contributed by atoms with Gasteiger partial charge in [0.2, 0.25) is 0 Å². The number of aryl methyl sites for hydroxylation is 1. The van der Waals surface area contributed by atoms with Crippen LogP contribution in [0.2, 0.25) is 0 Å². The summed E-state index contributed by atoms with van der Waals surface area (Å²) in [5.41, 5.74) is 0.892. The molecule has 0 fully saturated rings. The predicted octanol–water partition coefficient (Wildman–Crippen LogP) is 1.69. The predicted molar refractivity (Wildman–Crippen MR) is 69.2 cm³/mol. The summed E-state index contributed by atoms with van der Waals surface area (Å²) in [7, 11) is 0. The Morgan fingerprint density at radius 2 is 2.05 bits per heavy atom. The van der Waals surface area contributed by atoms with E-state index in [-0.39, 0.29) is 17.7 Å². The number of halogens is 1. The maximum atomic E-state index is 13.3. The highest BCUT2D eigenvalue weighted by molar-refractivity contribution is 6.52. The molecule has 20 heavy (non-hydrogen) atoms. The number of nitrogens with zero attached hydrogens (tertiary/aromatic N) is 1. The fraction of sp³-hybridized carbons (Fsp3) is 0.214. The molecule has 1 amide bonds. The van der Waals surface area contributed by atoms with Crippen molar-refractivity contribution in [2.24, 2.45) is 0 Å². The summed E-state index contributed by atoms with van der Waals surface area (Å²) in [4.78, 5) is 35.6. The van der Waals surface area contributed by atoms with Crippen LogP contribution in [0.25, 0.3) is 0 Å². The zero-order chi connectivity index (χ0) is 15.0. The minimum absolute atomic E-state index is 0.0221. The van der Waals surface area contributed by atoms with Crippen molar-refractivity contribution in [1.29, 1.82) is 0 Å². The highest BCUT2D eigenvalue weighted by Crippen LogP contribution is 2.33. The van der Waals surface area contributed by atoms with E-state index >= 15 is 0 Å². The van der Waals surface area contributed by atoms with Crippen LogP contribution in [0.4, 0.5) is 10.1 Å². The molecule has 2 rings (SSSR count). The maximum Gasteiger partial charge on any atom is 0.331 e. The third-order valence-electron chi connectivity index (χ3n) is 3.14. The van der Waals surface area contributed by atoms with E-state index in [1.54, 1.807) is 6.92 Å². The van der Waals surface area contributed by atoms with Gasteiger partial charge >= 0.3 is 5.97 Å². The minimum atomic E-state index is -1.10. The number of rotatable bonds is 3. The van der Waals surface area contributed by atoms with Gasteiger partial charge in [0.15, 0.2) is 0 Å². The van der Waals surface area contributed by atoms with Crippen LogP contribution in [0.1, 0.15) is 22.8 Å². The Kier molecular flexibility index (Phi) is 3.40. The van der Waals surface area contributed by atoms with Gasteiger partial charge in [-0.3, -0.25) is 9.59 Å². The maximum absolute atomic E-state index is 13.3. The van der Waals surface area contributed by atoms with E-state index in [0.717, 1.165) is 6.07 Å². The Balaban J connectivity index is 2.44. The number of Topliss-reactive ketones (excluding diaryl/α,β-unsaturated/α-hetero) is 1. The number of carbonyl (C=O) groups excluding carboxylic acids is 2. The molecule has 0 unspecified atom stereocenters. The number of fused-ring (bicyclic) bond motifs is 1. The fourth-order valence-electron chi connectivity index (χ4n) is 2.10. The molecule has 0 aromatic heterocycles. The Bertz CT molecular complexity index is 663. The zero-order valence-electron chi connectivity index (χ0n) is 10.9. The van der Waals surface area contributed by atoms with Crippen LogP contribution in [0.15, 0.2) is 23.8 Å². The van der Waals surface area contributed by atoms with Crippen LogP contribution in [-0.4, -0.2) is 29.3 Å². The summed E-state index contributed by atoms with van der Waals surface area (Å²) >= 11 is 0. The van der Waals surface area contributed by atoms with Crippen molar-refractivity contribution in [1.82, 2.24) is 0 Å². The van der Waals surface area contributed by atoms with Gasteiger partial charge in [-0.25, -0.2) is 9.18 Å². The lowest BCUT2D eigenvalue weighted by molar-refractivity contribution is -0.132. The van der Waals surface area contributed by atoms with E-state index in [0.29, 0.717) is 11.3 Å². The van der Waals surface area contributed by atoms with E-state index < -0.39 is 23.5 Å². The molecular weight excluding hydrogens is 265 g/mol. The highest BCUT2D eigenvalue weighted by Gasteiger charge is 2.36. The summed E-state index contributed by atoms with van der Waals surface area (Å²) in [5, 5.41) is 8.77. The Labute approximate surface area is 114 Å². The molecule has 0 saturated carbocycles. The van der Waals surface area contributed by atoms with Gasteiger partial charge in [0.25, 0.3) is 11.7 Å². The summed E-state index contributed by atoms with van der Waals surface area (Å²) < 4.78 is 13.3. The van der Waals surface area contributed by atoms with Crippen LogP contribution < -0.4 is 4.90 Å². The van der Waals surface area contributed by atoms with E-state index in [2.05, 4.69) is 0 Å². The van der Waals surface area contributed by atoms with Gasteiger partial charge in [0.1, 0.15) is 5.82 Å². The number of hydrogen-bond donors (Lipinski definition) is 1. The average molecular weight is 277 g/mol. The lowest BCUT2D eigenvalue weighted by Gasteiger charge is -2.16. The number of carboxylic acid groups (broad SMARTS) is 1. The molecule has 1 aromatic carbocycles. The molecule has 0 bridgehead atoms. The van der Waals surface area contributed by atoms with Gasteiger partial charge in [-0.1, -0.05) is 6.08 Å². The second-order valence-electron chi connectivity index (χ2n) is 4.56. The molecule has 1 aliphatic rings. The van der Waals surface area contributed by atoms with Crippen LogP contribution in [0.3, 0.4) is 0 Å². The monoisotopic (exact) mass is 277 g/mol. The zero-order valence-corrected chi connectivity index (χ0v) is 10.9. The number of carboxylic acids is 1. The number of benzene rings is 1. The van der Waals surface area contributed by atoms with Crippen molar-refractivity contribution < 1.29 is 23.9 Å². The molecule has 1 aliphatic heterocycles. The summed E-state index contributed by atoms with van der Waals surface area (Å²) in [6, 6.07) is 2.25. The van der Waals surface area contributed by atoms with Gasteiger partial charge < -0.3 is 10.0 Å². The average Bonchev–Trinajstić information content (AvgIpc) is 2.60. The molecule has 0 spiro atoms. The lowest BCUT2D eigenvalue weighted by Crippen LogP contribution is -2.30. The first-order valence-corrected chi connectivity index (χ1v) is 5.89. The third kappa shape index (κ3) is 2.20. The molecule has 1 heterocycles. The van der Waals surface area contributed by atoms with E-state index in [4.69, 9.17) is 5.11 Å². The number of aliphatic carboxylic acids is 1. The lowest BCUT2D eigenvalue weighted by atomic mass is 10.1. The topological polar surface area (TPSA) is 74.7 Å². The normalized spacial score (nSPS) is 14.8. The van der Waals surface area contributed by atoms with Gasteiger partial charge in [-0.05, 0) is 31.5 Å². The van der Waals surface area contributed by atoms with E-state index in [1.807, 2.05) is 0 Å². The van der Waals surface area contributed by atoms with Crippen molar-refractivity contribution >= 4 is 23.3 Å². The Hall–Kier alpha value is -2.50. The second kappa shape index (κ2) is 4.88. The van der Waals surface area contributed by atoms with Crippen LogP contribution in [0.5, 0.6) is 0 Å². The number of amides is 1. The van der Waals surface area contributed by atoms with Gasteiger partial charge in [0.05, 0.1) is 11.3 Å². The fourth-order valence-corrected chi connectivity index (χ4v) is 2.10. The smallest absolute Gasteiger partial charge is 0.331 e. The molecule has 0 saturated heterocycles. The SMILES string of the molecule is C/C(=C/CN1C(=O)C(=O)c2cc(F)cc(C)c21)C(=O)O. The third-order valence-corrected chi connectivity index (χ3v) is 3.14. The number of anilines is 1. The highest BCUT2D eigenvalue weighted by atomic mass is 19.1. The Morgan fingerprint density at radius 1 is 1.40 bits per heavy atom. The van der Waals surface area contributed by atoms with Crippen molar-refractivity contribution in [3.05, 3.63) is 40.7 Å². The van der Waals surface area contributed by atoms with Crippen LogP contribution >= 0.6 is 0 Å². The second-order valence-corrected chi connectivity index (χ2v) is 4.56. The number of ketones is 1. The molecule has 0 aliphatic carbocycles. The molecule has 104 valence electrons. The van der Waals surface area contributed by atoms with Crippen molar-refractivity contribution in [2.75, 3.05) is 11.4 Å². The first-order valence-electron chi connectivity index (χ1n) is 5.89. The van der Waals surface area contributed by atoms with E-state index in [1.165, 1.54) is 24.0 Å². The van der Waals surface area contributed by atoms with Gasteiger partial charge in [-0.15, -0.1) is 0 Å². The van der Waals surface area contributed by atoms with Crippen LogP contribution in [0, 0.1) is 12.7 Å². The molecule has 0 radical (unpaired) electrons. The number of carbonyl (C=O) groups is 3. The van der Waals surface area contributed by atoms with Gasteiger partial charge in [0, 0.05) is 12.1 Å². The molecular formula is C14H12FNO4. The minimum Gasteiger partial charge on any atom is -0.478 e.